The lowest BCUT2D eigenvalue weighted by Gasteiger charge is -2.35. The molecule has 0 bridgehead atoms. The van der Waals surface area contributed by atoms with Gasteiger partial charge in [0, 0.05) is 44.0 Å². The van der Waals surface area contributed by atoms with E-state index >= 15 is 0 Å². The summed E-state index contributed by atoms with van der Waals surface area (Å²) < 4.78 is 0. The minimum absolute atomic E-state index is 0.0312. The van der Waals surface area contributed by atoms with Gasteiger partial charge in [-0.1, -0.05) is 30.3 Å². The van der Waals surface area contributed by atoms with E-state index < -0.39 is 0 Å². The molecule has 0 unspecified atom stereocenters. The summed E-state index contributed by atoms with van der Waals surface area (Å²) in [6.07, 6.45) is 3.11. The van der Waals surface area contributed by atoms with Crippen molar-refractivity contribution in [2.24, 2.45) is 0 Å². The van der Waals surface area contributed by atoms with Gasteiger partial charge in [0.15, 0.2) is 0 Å². The van der Waals surface area contributed by atoms with Crippen LogP contribution in [0, 0.1) is 0 Å². The largest absolute Gasteiger partial charge is 0.339 e. The van der Waals surface area contributed by atoms with Gasteiger partial charge in [0.25, 0.3) is 5.91 Å². The van der Waals surface area contributed by atoms with Crippen LogP contribution in [0.15, 0.2) is 54.6 Å². The monoisotopic (exact) mass is 363 g/mol. The maximum absolute atomic E-state index is 12.9. The smallest absolute Gasteiger partial charge is 0.324 e. The van der Waals surface area contributed by atoms with Gasteiger partial charge in [0.2, 0.25) is 0 Å². The molecule has 2 aromatic rings. The zero-order valence-corrected chi connectivity index (χ0v) is 15.5. The summed E-state index contributed by atoms with van der Waals surface area (Å²) in [7, 11) is 0. The molecule has 2 saturated heterocycles. The first kappa shape index (κ1) is 17.6. The summed E-state index contributed by atoms with van der Waals surface area (Å²) in [6.45, 7) is 3.81. The Hall–Kier alpha value is -2.82. The Morgan fingerprint density at radius 1 is 0.815 bits per heavy atom. The lowest BCUT2D eigenvalue weighted by atomic mass is 10.1. The van der Waals surface area contributed by atoms with E-state index in [1.807, 2.05) is 69.3 Å². The van der Waals surface area contributed by atoms with Crippen molar-refractivity contribution in [2.75, 3.05) is 31.1 Å². The van der Waals surface area contributed by atoms with Crippen molar-refractivity contribution in [1.29, 1.82) is 0 Å². The molecule has 140 valence electrons. The number of rotatable bonds is 4. The van der Waals surface area contributed by atoms with E-state index in [0.29, 0.717) is 18.7 Å². The Morgan fingerprint density at radius 3 is 2.22 bits per heavy atom. The van der Waals surface area contributed by atoms with Gasteiger partial charge >= 0.3 is 6.03 Å². The molecule has 0 N–H and O–H groups in total. The van der Waals surface area contributed by atoms with E-state index in [-0.39, 0.29) is 11.9 Å². The molecule has 2 fully saturated rings. The van der Waals surface area contributed by atoms with Crippen LogP contribution < -0.4 is 4.90 Å². The average molecular weight is 363 g/mol. The third kappa shape index (κ3) is 3.82. The van der Waals surface area contributed by atoms with Gasteiger partial charge in [-0.15, -0.1) is 0 Å². The molecule has 27 heavy (non-hydrogen) atoms. The number of hydrogen-bond donors (Lipinski definition) is 0. The summed E-state index contributed by atoms with van der Waals surface area (Å²) in [6, 6.07) is 17.6. The van der Waals surface area contributed by atoms with Crippen molar-refractivity contribution in [1.82, 2.24) is 9.80 Å². The van der Waals surface area contributed by atoms with Crippen LogP contribution in [-0.2, 0) is 6.54 Å². The highest BCUT2D eigenvalue weighted by atomic mass is 16.2. The van der Waals surface area contributed by atoms with E-state index in [4.69, 9.17) is 0 Å². The van der Waals surface area contributed by atoms with Crippen LogP contribution in [0.5, 0.6) is 0 Å². The summed E-state index contributed by atoms with van der Waals surface area (Å²) in [5.41, 5.74) is 2.70. The fourth-order valence-corrected chi connectivity index (χ4v) is 3.86. The molecule has 0 aromatic heterocycles. The maximum Gasteiger partial charge on any atom is 0.324 e. The molecule has 4 rings (SSSR count). The summed E-state index contributed by atoms with van der Waals surface area (Å²) in [4.78, 5) is 31.0. The number of anilines is 1. The number of amides is 3. The third-order valence-electron chi connectivity index (χ3n) is 5.35. The lowest BCUT2D eigenvalue weighted by molar-refractivity contribution is 0.0793. The first-order valence-electron chi connectivity index (χ1n) is 9.72. The number of nitrogens with zero attached hydrogens (tertiary/aromatic N) is 3. The quantitative estimate of drug-likeness (QED) is 0.830. The van der Waals surface area contributed by atoms with E-state index in [0.717, 1.165) is 50.1 Å². The Balaban J connectivity index is 1.45. The van der Waals surface area contributed by atoms with Gasteiger partial charge in [-0.25, -0.2) is 4.79 Å². The number of benzene rings is 2. The van der Waals surface area contributed by atoms with Gasteiger partial charge in [0.1, 0.15) is 0 Å². The summed E-state index contributed by atoms with van der Waals surface area (Å²) >= 11 is 0. The fourth-order valence-electron chi connectivity index (χ4n) is 3.86. The van der Waals surface area contributed by atoms with E-state index in [1.54, 1.807) is 0 Å². The molecule has 5 heteroatoms. The molecular formula is C22H25N3O2. The zero-order chi connectivity index (χ0) is 18.6. The van der Waals surface area contributed by atoms with Gasteiger partial charge < -0.3 is 9.80 Å². The van der Waals surface area contributed by atoms with Crippen LogP contribution in [0.2, 0.25) is 0 Å². The molecule has 0 aliphatic carbocycles. The Kier molecular flexibility index (Phi) is 5.10. The van der Waals surface area contributed by atoms with Crippen LogP contribution in [-0.4, -0.2) is 47.9 Å². The highest BCUT2D eigenvalue weighted by molar-refractivity contribution is 5.96. The van der Waals surface area contributed by atoms with Crippen molar-refractivity contribution in [3.8, 4) is 0 Å². The highest BCUT2D eigenvalue weighted by Crippen LogP contribution is 2.23. The number of hydrogen-bond acceptors (Lipinski definition) is 2. The highest BCUT2D eigenvalue weighted by Gasteiger charge is 2.27. The molecule has 5 nitrogen and oxygen atoms in total. The second-order valence-electron chi connectivity index (χ2n) is 7.24. The van der Waals surface area contributed by atoms with E-state index in [1.165, 1.54) is 0 Å². The Bertz CT molecular complexity index is 798. The molecule has 2 heterocycles. The minimum atomic E-state index is 0.0312. The predicted octanol–water partition coefficient (Wildman–Crippen LogP) is 3.75. The number of carbonyl (C=O) groups is 2. The average Bonchev–Trinajstić information content (AvgIpc) is 3.25. The van der Waals surface area contributed by atoms with E-state index in [2.05, 4.69) is 0 Å². The fraction of sp³-hybridized carbons (Fsp3) is 0.364. The van der Waals surface area contributed by atoms with Gasteiger partial charge in [-0.3, -0.25) is 9.69 Å². The SMILES string of the molecule is O=C(c1ccc(N2CCCN(Cc3ccccc3)C2=O)cc1)N1CCCC1. The van der Waals surface area contributed by atoms with E-state index in [9.17, 15) is 9.59 Å². The van der Waals surface area contributed by atoms with Crippen molar-refractivity contribution in [2.45, 2.75) is 25.8 Å². The molecular weight excluding hydrogens is 338 g/mol. The van der Waals surface area contributed by atoms with Crippen LogP contribution >= 0.6 is 0 Å². The lowest BCUT2D eigenvalue weighted by Crippen LogP contribution is -2.49. The van der Waals surface area contributed by atoms with Gasteiger partial charge in [0.05, 0.1) is 0 Å². The number of likely N-dealkylation sites (tertiary alicyclic amines) is 1. The van der Waals surface area contributed by atoms with Crippen LogP contribution in [0.3, 0.4) is 0 Å². The first-order valence-corrected chi connectivity index (χ1v) is 9.72. The van der Waals surface area contributed by atoms with Crippen molar-refractivity contribution >= 4 is 17.6 Å². The van der Waals surface area contributed by atoms with Crippen molar-refractivity contribution < 1.29 is 9.59 Å². The van der Waals surface area contributed by atoms with Gasteiger partial charge in [-0.05, 0) is 49.1 Å². The van der Waals surface area contributed by atoms with Crippen LogP contribution in [0.4, 0.5) is 10.5 Å². The van der Waals surface area contributed by atoms with Crippen LogP contribution in [0.1, 0.15) is 35.2 Å². The molecule has 0 radical (unpaired) electrons. The molecule has 0 spiro atoms. The topological polar surface area (TPSA) is 43.9 Å². The molecule has 2 aromatic carbocycles. The van der Waals surface area contributed by atoms with Crippen molar-refractivity contribution in [3.05, 3.63) is 65.7 Å². The molecule has 0 saturated carbocycles. The maximum atomic E-state index is 12.9. The van der Waals surface area contributed by atoms with Gasteiger partial charge in [-0.2, -0.15) is 0 Å². The number of urea groups is 1. The second kappa shape index (κ2) is 7.82. The molecule has 3 amide bonds. The van der Waals surface area contributed by atoms with Crippen LogP contribution in [0.25, 0.3) is 0 Å². The number of carbonyl (C=O) groups excluding carboxylic acids is 2. The molecule has 0 atom stereocenters. The third-order valence-corrected chi connectivity index (χ3v) is 5.35. The Labute approximate surface area is 160 Å². The molecule has 2 aliphatic heterocycles. The second-order valence-corrected chi connectivity index (χ2v) is 7.24. The summed E-state index contributed by atoms with van der Waals surface area (Å²) in [5.74, 6) is 0.0923. The summed E-state index contributed by atoms with van der Waals surface area (Å²) in [5, 5.41) is 0. The predicted molar refractivity (Wildman–Crippen MR) is 106 cm³/mol. The first-order chi connectivity index (χ1) is 13.2. The normalized spacial score (nSPS) is 17.5. The minimum Gasteiger partial charge on any atom is -0.339 e. The Morgan fingerprint density at radius 2 is 1.52 bits per heavy atom. The standard InChI is InChI=1S/C22H25N3O2/c26-21(23-13-4-5-14-23)19-9-11-20(12-10-19)25-16-6-15-24(22(25)27)17-18-7-2-1-3-8-18/h1-3,7-12H,4-6,13-17H2. The zero-order valence-electron chi connectivity index (χ0n) is 15.5. The molecule has 2 aliphatic rings. The van der Waals surface area contributed by atoms with Crippen molar-refractivity contribution in [3.63, 3.8) is 0 Å².